The summed E-state index contributed by atoms with van der Waals surface area (Å²) in [6, 6.07) is 9.58. The van der Waals surface area contributed by atoms with E-state index < -0.39 is 0 Å². The molecule has 1 aliphatic heterocycles. The number of carbonyl (C=O) groups excluding carboxylic acids is 1. The van der Waals surface area contributed by atoms with Gasteiger partial charge in [-0.1, -0.05) is 18.2 Å². The zero-order valence-electron chi connectivity index (χ0n) is 11.8. The Morgan fingerprint density at radius 1 is 1.43 bits per heavy atom. The van der Waals surface area contributed by atoms with Crippen LogP contribution in [0.25, 0.3) is 4.85 Å². The highest BCUT2D eigenvalue weighted by Gasteiger charge is 2.32. The summed E-state index contributed by atoms with van der Waals surface area (Å²) in [5, 5.41) is 3.06. The number of benzene rings is 1. The van der Waals surface area contributed by atoms with Gasteiger partial charge in [0, 0.05) is 19.5 Å². The fourth-order valence-electron chi connectivity index (χ4n) is 2.23. The number of rotatable bonds is 6. The van der Waals surface area contributed by atoms with Crippen LogP contribution in [-0.4, -0.2) is 43.2 Å². The molecule has 0 unspecified atom stereocenters. The van der Waals surface area contributed by atoms with Gasteiger partial charge in [-0.15, -0.1) is 12.4 Å². The average molecular weight is 310 g/mol. The fraction of sp³-hybridized carbons (Fsp3) is 0.467. The lowest BCUT2D eigenvalue weighted by molar-refractivity contribution is -0.130. The van der Waals surface area contributed by atoms with E-state index in [1.807, 2.05) is 30.3 Å². The molecule has 1 fully saturated rings. The lowest BCUT2D eigenvalue weighted by atomic mass is 10.3. The Kier molecular flexibility index (Phi) is 7.59. The molecule has 1 aliphatic rings. The van der Waals surface area contributed by atoms with Crippen LogP contribution in [0.4, 0.5) is 0 Å². The zero-order valence-corrected chi connectivity index (χ0v) is 12.6. The largest absolute Gasteiger partial charge is 0.492 e. The second kappa shape index (κ2) is 9.22. The van der Waals surface area contributed by atoms with E-state index in [1.54, 1.807) is 4.90 Å². The first-order chi connectivity index (χ1) is 9.81. The first kappa shape index (κ1) is 17.3. The van der Waals surface area contributed by atoms with Crippen molar-refractivity contribution in [2.24, 2.45) is 0 Å². The van der Waals surface area contributed by atoms with E-state index in [2.05, 4.69) is 10.2 Å². The molecule has 0 radical (unpaired) electrons. The first-order valence-corrected chi connectivity index (χ1v) is 6.86. The van der Waals surface area contributed by atoms with E-state index in [-0.39, 0.29) is 31.0 Å². The molecule has 1 saturated heterocycles. The van der Waals surface area contributed by atoms with Crippen molar-refractivity contribution in [3.8, 4) is 5.75 Å². The average Bonchev–Trinajstić information content (AvgIpc) is 2.96. The van der Waals surface area contributed by atoms with Gasteiger partial charge >= 0.3 is 6.17 Å². The normalized spacial score (nSPS) is 16.9. The van der Waals surface area contributed by atoms with Crippen molar-refractivity contribution in [2.75, 3.05) is 26.2 Å². The highest BCUT2D eigenvalue weighted by Crippen LogP contribution is 2.17. The van der Waals surface area contributed by atoms with Gasteiger partial charge in [-0.3, -0.25) is 14.5 Å². The van der Waals surface area contributed by atoms with E-state index in [0.29, 0.717) is 19.7 Å². The van der Waals surface area contributed by atoms with Crippen molar-refractivity contribution < 1.29 is 9.53 Å². The second-order valence-electron chi connectivity index (χ2n) is 4.68. The molecular weight excluding hydrogens is 290 g/mol. The predicted octanol–water partition coefficient (Wildman–Crippen LogP) is 1.94. The first-order valence-electron chi connectivity index (χ1n) is 6.86. The minimum Gasteiger partial charge on any atom is -0.492 e. The Bertz CT molecular complexity index is 476. The number of para-hydroxylation sites is 1. The van der Waals surface area contributed by atoms with Crippen LogP contribution in [0.3, 0.4) is 0 Å². The quantitative estimate of drug-likeness (QED) is 0.645. The number of hydrogen-bond donors (Lipinski definition) is 1. The lowest BCUT2D eigenvalue weighted by Crippen LogP contribution is -2.40. The molecule has 114 valence electrons. The molecule has 1 N–H and O–H groups in total. The standard InChI is InChI=1S/C15H19N3O2.ClH/c1-16-14-8-5-10-18(14)15(19)12-17-9-11-20-13-6-3-2-4-7-13;/h2-4,6-7,14,17H,5,8-12H2;1H/t14-;/m0./s1. The molecule has 0 saturated carbocycles. The molecule has 6 heteroatoms. The van der Waals surface area contributed by atoms with Gasteiger partial charge in [0.25, 0.3) is 0 Å². The van der Waals surface area contributed by atoms with Gasteiger partial charge in [-0.25, -0.2) is 6.57 Å². The molecule has 1 amide bonds. The Morgan fingerprint density at radius 2 is 2.19 bits per heavy atom. The maximum absolute atomic E-state index is 11.9. The van der Waals surface area contributed by atoms with Gasteiger partial charge in [0.05, 0.1) is 6.54 Å². The Morgan fingerprint density at radius 3 is 2.90 bits per heavy atom. The molecule has 1 aromatic rings. The molecule has 1 heterocycles. The van der Waals surface area contributed by atoms with Crippen molar-refractivity contribution >= 4 is 18.3 Å². The highest BCUT2D eigenvalue weighted by atomic mass is 35.5. The second-order valence-corrected chi connectivity index (χ2v) is 4.68. The van der Waals surface area contributed by atoms with Crippen LogP contribution in [0, 0.1) is 6.57 Å². The number of hydrogen-bond acceptors (Lipinski definition) is 3. The van der Waals surface area contributed by atoms with E-state index in [1.165, 1.54) is 0 Å². The lowest BCUT2D eigenvalue weighted by Gasteiger charge is -2.16. The van der Waals surface area contributed by atoms with E-state index >= 15 is 0 Å². The fourth-order valence-corrected chi connectivity index (χ4v) is 2.23. The van der Waals surface area contributed by atoms with Crippen molar-refractivity contribution in [1.29, 1.82) is 0 Å². The number of halogens is 1. The molecule has 0 aromatic heterocycles. The van der Waals surface area contributed by atoms with Crippen LogP contribution in [-0.2, 0) is 4.79 Å². The molecular formula is C15H20ClN3O2. The summed E-state index contributed by atoms with van der Waals surface area (Å²) in [5.74, 6) is 0.830. The number of carbonyl (C=O) groups is 1. The summed E-state index contributed by atoms with van der Waals surface area (Å²) in [6.07, 6.45) is 1.47. The summed E-state index contributed by atoms with van der Waals surface area (Å²) >= 11 is 0. The van der Waals surface area contributed by atoms with Crippen LogP contribution >= 0.6 is 12.4 Å². The number of nitrogens with one attached hydrogen (secondary N) is 1. The van der Waals surface area contributed by atoms with Gasteiger partial charge in [0.1, 0.15) is 12.4 Å². The molecule has 0 spiro atoms. The van der Waals surface area contributed by atoms with Gasteiger partial charge in [0.15, 0.2) is 0 Å². The Hall–Kier alpha value is -1.77. The van der Waals surface area contributed by atoms with Crippen LogP contribution in [0.1, 0.15) is 12.8 Å². The van der Waals surface area contributed by atoms with Gasteiger partial charge in [0.2, 0.25) is 5.91 Å². The predicted molar refractivity (Wildman–Crippen MR) is 83.4 cm³/mol. The Balaban J connectivity index is 0.00000220. The summed E-state index contributed by atoms with van der Waals surface area (Å²) < 4.78 is 5.52. The summed E-state index contributed by atoms with van der Waals surface area (Å²) in [4.78, 5) is 17.1. The van der Waals surface area contributed by atoms with Crippen molar-refractivity contribution in [3.05, 3.63) is 41.7 Å². The van der Waals surface area contributed by atoms with Crippen molar-refractivity contribution in [3.63, 3.8) is 0 Å². The SMILES string of the molecule is Cl.[C-]#[N+][C@@H]1CCCN1C(=O)CNCCOc1ccccc1. The molecule has 0 bridgehead atoms. The molecule has 5 nitrogen and oxygen atoms in total. The van der Waals surface area contributed by atoms with Crippen molar-refractivity contribution in [2.45, 2.75) is 19.0 Å². The molecule has 21 heavy (non-hydrogen) atoms. The van der Waals surface area contributed by atoms with E-state index in [9.17, 15) is 4.79 Å². The maximum atomic E-state index is 11.9. The third-order valence-corrected chi connectivity index (χ3v) is 3.26. The molecule has 2 rings (SSSR count). The van der Waals surface area contributed by atoms with Crippen LogP contribution in [0.15, 0.2) is 30.3 Å². The summed E-state index contributed by atoms with van der Waals surface area (Å²) in [6.45, 7) is 9.15. The molecule has 0 aliphatic carbocycles. The number of likely N-dealkylation sites (tertiary alicyclic amines) is 1. The molecule has 1 atom stereocenters. The summed E-state index contributed by atoms with van der Waals surface area (Å²) in [5.41, 5.74) is 0. The smallest absolute Gasteiger partial charge is 0.300 e. The van der Waals surface area contributed by atoms with Gasteiger partial charge in [-0.2, -0.15) is 0 Å². The monoisotopic (exact) mass is 309 g/mol. The highest BCUT2D eigenvalue weighted by molar-refractivity contribution is 5.85. The number of amides is 1. The van der Waals surface area contributed by atoms with Crippen LogP contribution < -0.4 is 10.1 Å². The van der Waals surface area contributed by atoms with Crippen LogP contribution in [0.5, 0.6) is 5.75 Å². The van der Waals surface area contributed by atoms with E-state index in [0.717, 1.165) is 18.6 Å². The Labute approximate surface area is 131 Å². The summed E-state index contributed by atoms with van der Waals surface area (Å²) in [7, 11) is 0. The number of ether oxygens (including phenoxy) is 1. The van der Waals surface area contributed by atoms with Gasteiger partial charge in [-0.05, 0) is 18.6 Å². The third kappa shape index (κ3) is 5.25. The minimum absolute atomic E-state index is 0. The molecule has 1 aromatic carbocycles. The van der Waals surface area contributed by atoms with E-state index in [4.69, 9.17) is 11.3 Å². The zero-order chi connectivity index (χ0) is 14.2. The number of nitrogens with zero attached hydrogens (tertiary/aromatic N) is 2. The maximum Gasteiger partial charge on any atom is 0.300 e. The van der Waals surface area contributed by atoms with Crippen LogP contribution in [0.2, 0.25) is 0 Å². The van der Waals surface area contributed by atoms with Gasteiger partial charge < -0.3 is 10.1 Å². The topological polar surface area (TPSA) is 45.9 Å². The minimum atomic E-state index is -0.259. The van der Waals surface area contributed by atoms with Crippen molar-refractivity contribution in [1.82, 2.24) is 10.2 Å². The third-order valence-electron chi connectivity index (χ3n) is 3.26.